The molecule has 0 bridgehead atoms. The van der Waals surface area contributed by atoms with E-state index in [-0.39, 0.29) is 24.2 Å². The van der Waals surface area contributed by atoms with Crippen molar-refractivity contribution >= 4 is 34.8 Å². The fourth-order valence-electron chi connectivity index (χ4n) is 4.99. The van der Waals surface area contributed by atoms with E-state index in [0.717, 1.165) is 17.7 Å². The zero-order chi connectivity index (χ0) is 28.3. The number of carbonyl (C=O) groups is 3. The molecule has 4 rings (SSSR count). The molecule has 0 spiro atoms. The minimum Gasteiger partial charge on any atom is -0.497 e. The van der Waals surface area contributed by atoms with Gasteiger partial charge < -0.3 is 24.0 Å². The molecule has 0 radical (unpaired) electrons. The van der Waals surface area contributed by atoms with E-state index in [1.54, 1.807) is 18.9 Å². The molecule has 1 aromatic carbocycles. The van der Waals surface area contributed by atoms with Crippen molar-refractivity contribution in [1.29, 1.82) is 0 Å². The van der Waals surface area contributed by atoms with E-state index in [0.29, 0.717) is 48.3 Å². The smallest absolute Gasteiger partial charge is 0.338 e. The Balaban J connectivity index is 1.63. The zero-order valence-electron chi connectivity index (χ0n) is 23.5. The first-order chi connectivity index (χ1) is 18.5. The summed E-state index contributed by atoms with van der Waals surface area (Å²) < 4.78 is 16.3. The quantitative estimate of drug-likeness (QED) is 0.443. The molecule has 1 amide bonds. The van der Waals surface area contributed by atoms with Gasteiger partial charge in [0.1, 0.15) is 11.4 Å². The monoisotopic (exact) mass is 555 g/mol. The molecule has 0 saturated carbocycles. The third-order valence-electron chi connectivity index (χ3n) is 6.78. The van der Waals surface area contributed by atoms with Gasteiger partial charge in [0, 0.05) is 18.8 Å². The van der Waals surface area contributed by atoms with Gasteiger partial charge in [-0.05, 0) is 70.6 Å². The molecular weight excluding hydrogens is 518 g/mol. The molecule has 3 aliphatic heterocycles. The number of piperidine rings is 1. The van der Waals surface area contributed by atoms with Gasteiger partial charge in [-0.15, -0.1) is 0 Å². The molecule has 0 unspecified atom stereocenters. The summed E-state index contributed by atoms with van der Waals surface area (Å²) in [7, 11) is 1.60. The number of nitrogens with zero attached hydrogens (tertiary/aromatic N) is 3. The fraction of sp³-hybridized carbons (Fsp3) is 0.517. The van der Waals surface area contributed by atoms with Crippen molar-refractivity contribution in [3.8, 4) is 5.75 Å². The van der Waals surface area contributed by atoms with Crippen LogP contribution in [0.1, 0.15) is 65.5 Å². The largest absolute Gasteiger partial charge is 0.497 e. The molecule has 0 aliphatic carbocycles. The summed E-state index contributed by atoms with van der Waals surface area (Å²) in [6, 6.07) is 7.01. The van der Waals surface area contributed by atoms with Gasteiger partial charge in [-0.1, -0.05) is 23.9 Å². The maximum Gasteiger partial charge on any atom is 0.338 e. The molecule has 210 valence electrons. The predicted molar refractivity (Wildman–Crippen MR) is 150 cm³/mol. The van der Waals surface area contributed by atoms with Crippen LogP contribution in [0, 0.1) is 5.92 Å². The van der Waals surface area contributed by atoms with E-state index in [1.165, 1.54) is 11.8 Å². The van der Waals surface area contributed by atoms with Gasteiger partial charge in [-0.2, -0.15) is 0 Å². The number of benzene rings is 1. The van der Waals surface area contributed by atoms with Crippen molar-refractivity contribution in [1.82, 2.24) is 9.80 Å². The minimum atomic E-state index is -0.684. The maximum absolute atomic E-state index is 13.5. The van der Waals surface area contributed by atoms with E-state index in [1.807, 2.05) is 62.3 Å². The van der Waals surface area contributed by atoms with E-state index >= 15 is 0 Å². The predicted octanol–water partition coefficient (Wildman–Crippen LogP) is 4.80. The number of fused-ring (bicyclic) bond motifs is 1. The number of amidine groups is 1. The Hall–Kier alpha value is -3.27. The van der Waals surface area contributed by atoms with Gasteiger partial charge in [0.25, 0.3) is 0 Å². The number of likely N-dealkylation sites (tertiary alicyclic amines) is 1. The summed E-state index contributed by atoms with van der Waals surface area (Å²) in [5.41, 5.74) is 1.93. The Morgan fingerprint density at radius 3 is 2.51 bits per heavy atom. The van der Waals surface area contributed by atoms with Crippen molar-refractivity contribution < 1.29 is 28.6 Å². The van der Waals surface area contributed by atoms with Gasteiger partial charge in [0.15, 0.2) is 5.17 Å². The average molecular weight is 556 g/mol. The Kier molecular flexibility index (Phi) is 8.73. The molecule has 2 atom stereocenters. The van der Waals surface area contributed by atoms with Gasteiger partial charge in [-0.3, -0.25) is 9.59 Å². The van der Waals surface area contributed by atoms with E-state index in [9.17, 15) is 14.4 Å². The van der Waals surface area contributed by atoms with Crippen LogP contribution in [0.3, 0.4) is 0 Å². The van der Waals surface area contributed by atoms with Gasteiger partial charge in [0.05, 0.1) is 43.4 Å². The summed E-state index contributed by atoms with van der Waals surface area (Å²) in [6.07, 6.45) is 1.58. The number of thioether (sulfide) groups is 1. The topological polar surface area (TPSA) is 97.7 Å². The lowest BCUT2D eigenvalue weighted by Crippen LogP contribution is -2.44. The Morgan fingerprint density at radius 1 is 1.15 bits per heavy atom. The van der Waals surface area contributed by atoms with Crippen LogP contribution in [0.15, 0.2) is 51.6 Å². The number of carbonyl (C=O) groups excluding carboxylic acids is 3. The highest BCUT2D eigenvalue weighted by molar-refractivity contribution is 8.16. The second kappa shape index (κ2) is 11.9. The van der Waals surface area contributed by atoms with Crippen molar-refractivity contribution in [2.24, 2.45) is 10.9 Å². The normalized spacial score (nSPS) is 21.2. The lowest BCUT2D eigenvalue weighted by Gasteiger charge is -2.38. The van der Waals surface area contributed by atoms with Crippen molar-refractivity contribution in [2.45, 2.75) is 65.5 Å². The summed E-state index contributed by atoms with van der Waals surface area (Å²) >= 11 is 1.43. The van der Waals surface area contributed by atoms with E-state index in [4.69, 9.17) is 19.2 Å². The highest BCUT2D eigenvalue weighted by atomic mass is 32.2. The van der Waals surface area contributed by atoms with Crippen LogP contribution in [0.4, 0.5) is 0 Å². The molecule has 10 heteroatoms. The number of rotatable bonds is 7. The number of ether oxygens (including phenoxy) is 3. The highest BCUT2D eigenvalue weighted by Gasteiger charge is 2.42. The van der Waals surface area contributed by atoms with Crippen molar-refractivity contribution in [3.63, 3.8) is 0 Å². The Bertz CT molecular complexity index is 1210. The van der Waals surface area contributed by atoms with Gasteiger partial charge >= 0.3 is 11.9 Å². The second-order valence-corrected chi connectivity index (χ2v) is 11.6. The molecule has 1 aromatic rings. The van der Waals surface area contributed by atoms with Gasteiger partial charge in [0.2, 0.25) is 5.91 Å². The summed E-state index contributed by atoms with van der Waals surface area (Å²) in [5, 5.41) is 2.62. The molecule has 3 aliphatic rings. The number of hydrogen-bond acceptors (Lipinski definition) is 9. The summed E-state index contributed by atoms with van der Waals surface area (Å²) in [4.78, 5) is 47.7. The minimum absolute atomic E-state index is 0.0735. The molecule has 9 nitrogen and oxygen atoms in total. The number of methoxy groups -OCH3 is 1. The van der Waals surface area contributed by atoms with Crippen molar-refractivity contribution in [3.05, 3.63) is 52.2 Å². The first kappa shape index (κ1) is 28.7. The molecule has 3 heterocycles. The summed E-state index contributed by atoms with van der Waals surface area (Å²) in [5.74, 6) is -0.377. The zero-order valence-corrected chi connectivity index (χ0v) is 24.3. The molecule has 1 fully saturated rings. The lowest BCUT2D eigenvalue weighted by molar-refractivity contribution is -0.152. The molecule has 0 aromatic heterocycles. The Labute approximate surface area is 234 Å². The van der Waals surface area contributed by atoms with E-state index in [2.05, 4.69) is 0 Å². The first-order valence-electron chi connectivity index (χ1n) is 13.3. The highest BCUT2D eigenvalue weighted by Crippen LogP contribution is 2.45. The average Bonchev–Trinajstić information content (AvgIpc) is 3.28. The van der Waals surface area contributed by atoms with Crippen LogP contribution < -0.4 is 4.74 Å². The maximum atomic E-state index is 13.5. The number of hydrogen-bond donors (Lipinski definition) is 0. The first-order valence-corrected chi connectivity index (χ1v) is 14.2. The van der Waals surface area contributed by atoms with Crippen molar-refractivity contribution in [2.75, 3.05) is 26.8 Å². The molecule has 0 N–H and O–H groups in total. The number of allylic oxidation sites excluding steroid dienone is 1. The number of aliphatic imine (C=N–C) groups is 1. The standard InChI is InChI=1S/C29H37N3O6S/c1-7-37-26(34)20-9-8-14-31(16-20)23(33)15-21-17-39-28-30-18(2)24(27(35)38-29(3,4)5)25(32(21)28)19-10-12-22(36-6)13-11-19/h10-13,17,20,25H,7-9,14-16H2,1-6H3/t20-,25+/m0/s1. The number of esters is 2. The number of amides is 1. The van der Waals surface area contributed by atoms with Crippen LogP contribution in [0.2, 0.25) is 0 Å². The van der Waals surface area contributed by atoms with Crippen LogP contribution in [-0.4, -0.2) is 65.2 Å². The Morgan fingerprint density at radius 2 is 1.87 bits per heavy atom. The molecule has 39 heavy (non-hydrogen) atoms. The van der Waals surface area contributed by atoms with Crippen LogP contribution in [0.25, 0.3) is 0 Å². The SMILES string of the molecule is CCOC(=O)[C@H]1CCCN(C(=O)CC2=CSC3=NC(C)=C(C(=O)OC(C)(C)C)[C@@H](c4ccc(OC)cc4)N23)C1. The van der Waals surface area contributed by atoms with E-state index < -0.39 is 17.6 Å². The molecule has 1 saturated heterocycles. The third-order valence-corrected chi connectivity index (χ3v) is 7.67. The van der Waals surface area contributed by atoms with Crippen LogP contribution in [-0.2, 0) is 23.9 Å². The molecular formula is C29H37N3O6S. The van der Waals surface area contributed by atoms with Crippen LogP contribution in [0.5, 0.6) is 5.75 Å². The third kappa shape index (κ3) is 6.49. The van der Waals surface area contributed by atoms with Gasteiger partial charge in [-0.25, -0.2) is 9.79 Å². The lowest BCUT2D eigenvalue weighted by atomic mass is 9.93. The second-order valence-electron chi connectivity index (χ2n) is 10.8. The van der Waals surface area contributed by atoms with Crippen LogP contribution >= 0.6 is 11.8 Å². The summed E-state index contributed by atoms with van der Waals surface area (Å²) in [6.45, 7) is 10.4. The fourth-order valence-corrected chi connectivity index (χ4v) is 5.95.